The van der Waals surface area contributed by atoms with Gasteiger partial charge in [0.25, 0.3) is 21.8 Å². The van der Waals surface area contributed by atoms with Crippen molar-refractivity contribution in [3.8, 4) is 0 Å². The molecule has 7 nitrogen and oxygen atoms in total. The predicted octanol–water partition coefficient (Wildman–Crippen LogP) is 1.24. The van der Waals surface area contributed by atoms with Gasteiger partial charge in [-0.05, 0) is 31.0 Å². The highest BCUT2D eigenvalue weighted by Gasteiger charge is 2.26. The highest BCUT2D eigenvalue weighted by molar-refractivity contribution is 7.90. The Balaban J connectivity index is 3.69. The number of sulfonamides is 1. The van der Waals surface area contributed by atoms with Crippen LogP contribution in [0.25, 0.3) is 0 Å². The van der Waals surface area contributed by atoms with Crippen LogP contribution in [0, 0.1) is 24.0 Å². The highest BCUT2D eigenvalue weighted by atomic mass is 32.2. The molecule has 0 aliphatic rings. The molecule has 90 valence electrons. The summed E-state index contributed by atoms with van der Waals surface area (Å²) in [5.41, 5.74) is 0.521. The second-order valence-electron chi connectivity index (χ2n) is 3.32. The summed E-state index contributed by atoms with van der Waals surface area (Å²) in [7, 11) is -4.37. The van der Waals surface area contributed by atoms with E-state index in [0.717, 1.165) is 18.2 Å². The molecule has 0 fully saturated rings. The number of hydrogen-bond donors (Lipinski definition) is 0. The molecule has 0 radical (unpaired) electrons. The molecule has 0 atom stereocenters. The first kappa shape index (κ1) is 13.0. The lowest BCUT2D eigenvalue weighted by Crippen LogP contribution is -2.03. The van der Waals surface area contributed by atoms with Crippen molar-refractivity contribution in [1.82, 2.24) is 0 Å². The van der Waals surface area contributed by atoms with Crippen molar-refractivity contribution < 1.29 is 18.1 Å². The topological polar surface area (TPSA) is 107 Å². The van der Waals surface area contributed by atoms with Gasteiger partial charge in [0.05, 0.1) is 4.92 Å². The van der Waals surface area contributed by atoms with E-state index in [-0.39, 0.29) is 0 Å². The van der Waals surface area contributed by atoms with E-state index in [0.29, 0.717) is 11.1 Å². The fourth-order valence-electron chi connectivity index (χ4n) is 1.22. The van der Waals surface area contributed by atoms with E-state index < -0.39 is 25.5 Å². The smallest absolute Gasteiger partial charge is 0.258 e. The van der Waals surface area contributed by atoms with Gasteiger partial charge in [0, 0.05) is 6.07 Å². The van der Waals surface area contributed by atoms with Crippen molar-refractivity contribution in [3.05, 3.63) is 33.4 Å². The van der Waals surface area contributed by atoms with Gasteiger partial charge in [-0.15, -0.1) is 0 Å². The SMILES string of the molecule is Cc1cc([N+](=O)[O-])c(S(=O)(=O)N=C=O)cc1C. The summed E-state index contributed by atoms with van der Waals surface area (Å²) < 4.78 is 25.6. The van der Waals surface area contributed by atoms with Crippen LogP contribution in [0.15, 0.2) is 21.4 Å². The maximum absolute atomic E-state index is 11.5. The van der Waals surface area contributed by atoms with E-state index >= 15 is 0 Å². The summed E-state index contributed by atoms with van der Waals surface area (Å²) in [6, 6.07) is 2.24. The van der Waals surface area contributed by atoms with E-state index in [1.807, 2.05) is 0 Å². The lowest BCUT2D eigenvalue weighted by Gasteiger charge is -2.04. The summed E-state index contributed by atoms with van der Waals surface area (Å²) in [6.07, 6.45) is 0.871. The van der Waals surface area contributed by atoms with E-state index in [4.69, 9.17) is 0 Å². The molecule has 1 rings (SSSR count). The monoisotopic (exact) mass is 256 g/mol. The van der Waals surface area contributed by atoms with Crippen molar-refractivity contribution in [2.45, 2.75) is 18.7 Å². The van der Waals surface area contributed by atoms with Crippen molar-refractivity contribution in [3.63, 3.8) is 0 Å². The predicted molar refractivity (Wildman–Crippen MR) is 57.9 cm³/mol. The van der Waals surface area contributed by atoms with E-state index in [9.17, 15) is 23.3 Å². The van der Waals surface area contributed by atoms with E-state index in [1.165, 1.54) is 0 Å². The molecule has 0 aliphatic heterocycles. The number of isocyanates is 1. The Morgan fingerprint density at radius 3 is 2.29 bits per heavy atom. The van der Waals surface area contributed by atoms with Gasteiger partial charge in [-0.1, -0.05) is 4.40 Å². The van der Waals surface area contributed by atoms with Crippen LogP contribution in [0.1, 0.15) is 11.1 Å². The van der Waals surface area contributed by atoms with E-state index in [1.54, 1.807) is 13.8 Å². The molecule has 0 amide bonds. The minimum Gasteiger partial charge on any atom is -0.258 e. The normalized spacial score (nSPS) is 10.7. The maximum atomic E-state index is 11.5. The molecular weight excluding hydrogens is 248 g/mol. The molecule has 0 saturated heterocycles. The van der Waals surface area contributed by atoms with Crippen LogP contribution in [0.5, 0.6) is 0 Å². The first-order valence-corrected chi connectivity index (χ1v) is 5.83. The maximum Gasteiger partial charge on any atom is 0.299 e. The third-order valence-corrected chi connectivity index (χ3v) is 3.41. The van der Waals surface area contributed by atoms with Gasteiger partial charge in [0.15, 0.2) is 4.90 Å². The zero-order valence-electron chi connectivity index (χ0n) is 9.00. The van der Waals surface area contributed by atoms with Crippen molar-refractivity contribution in [2.24, 2.45) is 4.40 Å². The first-order chi connectivity index (χ1) is 7.79. The Morgan fingerprint density at radius 2 is 1.82 bits per heavy atom. The zero-order valence-corrected chi connectivity index (χ0v) is 9.82. The van der Waals surface area contributed by atoms with Crippen LogP contribution in [-0.2, 0) is 14.8 Å². The average molecular weight is 256 g/mol. The summed E-state index contributed by atoms with van der Waals surface area (Å²) in [4.78, 5) is 19.3. The minimum absolute atomic E-state index is 0.551. The molecular formula is C9H8N2O5S. The molecule has 0 saturated carbocycles. The zero-order chi connectivity index (χ0) is 13.2. The van der Waals surface area contributed by atoms with Crippen LogP contribution in [0.3, 0.4) is 0 Å². The summed E-state index contributed by atoms with van der Waals surface area (Å²) >= 11 is 0. The highest BCUT2D eigenvalue weighted by Crippen LogP contribution is 2.28. The molecule has 0 aliphatic carbocycles. The molecule has 1 aromatic carbocycles. The van der Waals surface area contributed by atoms with Crippen LogP contribution in [0.4, 0.5) is 5.69 Å². The molecule has 1 aromatic rings. The van der Waals surface area contributed by atoms with Crippen LogP contribution < -0.4 is 0 Å². The number of aryl methyl sites for hydroxylation is 2. The van der Waals surface area contributed by atoms with Crippen molar-refractivity contribution >= 4 is 21.8 Å². The lowest BCUT2D eigenvalue weighted by atomic mass is 10.1. The third-order valence-electron chi connectivity index (χ3n) is 2.21. The number of benzene rings is 1. The third kappa shape index (κ3) is 2.55. The molecule has 0 unspecified atom stereocenters. The second-order valence-corrected chi connectivity index (χ2v) is 4.89. The summed E-state index contributed by atoms with van der Waals surface area (Å²) in [5, 5.41) is 10.7. The molecule has 17 heavy (non-hydrogen) atoms. The van der Waals surface area contributed by atoms with Gasteiger partial charge in [-0.25, -0.2) is 4.79 Å². The van der Waals surface area contributed by atoms with E-state index in [2.05, 4.69) is 4.40 Å². The Morgan fingerprint density at radius 1 is 1.29 bits per heavy atom. The number of carbonyl (C=O) groups excluding carboxylic acids is 1. The number of nitro benzene ring substituents is 1. The van der Waals surface area contributed by atoms with Gasteiger partial charge in [-0.2, -0.15) is 8.42 Å². The Labute approximate surface area is 97.0 Å². The Hall–Kier alpha value is -2.05. The molecule has 0 spiro atoms. The van der Waals surface area contributed by atoms with Crippen LogP contribution in [-0.4, -0.2) is 19.4 Å². The largest absolute Gasteiger partial charge is 0.299 e. The average Bonchev–Trinajstić information content (AvgIpc) is 2.20. The Kier molecular flexibility index (Phi) is 3.40. The molecule has 8 heteroatoms. The standard InChI is InChI=1S/C9H8N2O5S/c1-6-3-8(11(13)14)9(4-7(6)2)17(15,16)10-5-12/h3-4H,1-2H3. The van der Waals surface area contributed by atoms with Crippen LogP contribution >= 0.6 is 0 Å². The number of rotatable bonds is 3. The lowest BCUT2D eigenvalue weighted by molar-refractivity contribution is -0.387. The Bertz CT molecular complexity index is 629. The molecule has 0 bridgehead atoms. The van der Waals surface area contributed by atoms with Gasteiger partial charge < -0.3 is 0 Å². The second kappa shape index (κ2) is 4.44. The first-order valence-electron chi connectivity index (χ1n) is 4.39. The number of nitro groups is 1. The quantitative estimate of drug-likeness (QED) is 0.350. The fraction of sp³-hybridized carbons (Fsp3) is 0.222. The van der Waals surface area contributed by atoms with Gasteiger partial charge in [0.1, 0.15) is 0 Å². The number of nitrogens with zero attached hydrogens (tertiary/aromatic N) is 2. The van der Waals surface area contributed by atoms with Gasteiger partial charge in [0.2, 0.25) is 0 Å². The van der Waals surface area contributed by atoms with Gasteiger partial charge in [-0.3, -0.25) is 10.1 Å². The van der Waals surface area contributed by atoms with Gasteiger partial charge >= 0.3 is 0 Å². The molecule has 0 heterocycles. The van der Waals surface area contributed by atoms with Crippen molar-refractivity contribution in [1.29, 1.82) is 0 Å². The molecule has 0 N–H and O–H groups in total. The number of hydrogen-bond acceptors (Lipinski definition) is 5. The summed E-state index contributed by atoms with van der Waals surface area (Å²) in [6.45, 7) is 3.21. The van der Waals surface area contributed by atoms with Crippen LogP contribution in [0.2, 0.25) is 0 Å². The fourth-order valence-corrected chi connectivity index (χ4v) is 2.14. The van der Waals surface area contributed by atoms with Crippen molar-refractivity contribution in [2.75, 3.05) is 0 Å². The minimum atomic E-state index is -4.37. The molecule has 0 aromatic heterocycles. The summed E-state index contributed by atoms with van der Waals surface area (Å²) in [5.74, 6) is 0.